The first-order valence-electron chi connectivity index (χ1n) is 7.03. The second kappa shape index (κ2) is 7.17. The van der Waals surface area contributed by atoms with Crippen LogP contribution in [0.1, 0.15) is 46.6 Å². The number of aromatic nitrogens is 2. The Labute approximate surface area is 128 Å². The molecule has 112 valence electrons. The Morgan fingerprint density at radius 2 is 2.14 bits per heavy atom. The molecule has 2 aromatic heterocycles. The maximum Gasteiger partial charge on any atom is 0.271 e. The smallest absolute Gasteiger partial charge is 0.271 e. The number of nitrogens with one attached hydrogen (secondary N) is 2. The van der Waals surface area contributed by atoms with Crippen molar-refractivity contribution in [1.29, 1.82) is 0 Å². The number of nitrogens with zero attached hydrogens (tertiary/aromatic N) is 2. The third-order valence-corrected chi connectivity index (χ3v) is 4.16. The predicted octanol–water partition coefficient (Wildman–Crippen LogP) is 3.16. The lowest BCUT2D eigenvalue weighted by atomic mass is 10.2. The maximum atomic E-state index is 12.1. The van der Waals surface area contributed by atoms with Gasteiger partial charge in [-0.05, 0) is 32.4 Å². The summed E-state index contributed by atoms with van der Waals surface area (Å²) in [4.78, 5) is 22.8. The molecule has 6 heteroatoms. The molecule has 0 fully saturated rings. The van der Waals surface area contributed by atoms with E-state index >= 15 is 0 Å². The zero-order valence-corrected chi connectivity index (χ0v) is 13.3. The molecule has 0 spiro atoms. The topological polar surface area (TPSA) is 66.9 Å². The lowest BCUT2D eigenvalue weighted by Crippen LogP contribution is -2.27. The van der Waals surface area contributed by atoms with Crippen LogP contribution in [-0.2, 0) is 0 Å². The molecule has 2 rings (SSSR count). The number of amides is 1. The normalized spacial score (nSPS) is 12.0. The minimum Gasteiger partial charge on any atom is -0.369 e. The Morgan fingerprint density at radius 1 is 1.33 bits per heavy atom. The summed E-state index contributed by atoms with van der Waals surface area (Å²) in [5, 5.41) is 6.06. The van der Waals surface area contributed by atoms with Crippen LogP contribution in [0.25, 0.3) is 0 Å². The van der Waals surface area contributed by atoms with Crippen LogP contribution in [0.5, 0.6) is 0 Å². The van der Waals surface area contributed by atoms with E-state index in [1.165, 1.54) is 11.1 Å². The van der Waals surface area contributed by atoms with Crippen LogP contribution in [0.3, 0.4) is 0 Å². The van der Waals surface area contributed by atoms with E-state index in [1.54, 1.807) is 17.5 Å². The van der Waals surface area contributed by atoms with Crippen LogP contribution in [0.2, 0.25) is 0 Å². The summed E-state index contributed by atoms with van der Waals surface area (Å²) in [6, 6.07) is 4.06. The van der Waals surface area contributed by atoms with Gasteiger partial charge in [-0.25, -0.2) is 9.97 Å². The Morgan fingerprint density at radius 3 is 2.71 bits per heavy atom. The van der Waals surface area contributed by atoms with Gasteiger partial charge in [0.05, 0.1) is 18.4 Å². The van der Waals surface area contributed by atoms with Crippen molar-refractivity contribution in [2.24, 2.45) is 0 Å². The molecular weight excluding hydrogens is 284 g/mol. The van der Waals surface area contributed by atoms with E-state index in [0.29, 0.717) is 11.5 Å². The Kier molecular flexibility index (Phi) is 5.27. The predicted molar refractivity (Wildman–Crippen MR) is 85.7 cm³/mol. The number of rotatable bonds is 6. The van der Waals surface area contributed by atoms with Crippen molar-refractivity contribution in [2.45, 2.75) is 33.2 Å². The lowest BCUT2D eigenvalue weighted by molar-refractivity contribution is 0.0935. The van der Waals surface area contributed by atoms with E-state index in [9.17, 15) is 4.79 Å². The highest BCUT2D eigenvalue weighted by molar-refractivity contribution is 7.12. The van der Waals surface area contributed by atoms with Crippen molar-refractivity contribution in [3.63, 3.8) is 0 Å². The first-order valence-corrected chi connectivity index (χ1v) is 7.85. The van der Waals surface area contributed by atoms with Gasteiger partial charge in [0.1, 0.15) is 11.5 Å². The zero-order chi connectivity index (χ0) is 15.2. The second-order valence-electron chi connectivity index (χ2n) is 4.86. The number of hydrogen-bond donors (Lipinski definition) is 2. The zero-order valence-electron chi connectivity index (χ0n) is 12.5. The van der Waals surface area contributed by atoms with E-state index in [4.69, 9.17) is 0 Å². The lowest BCUT2D eigenvalue weighted by Gasteiger charge is -2.12. The van der Waals surface area contributed by atoms with E-state index in [0.717, 1.165) is 17.8 Å². The van der Waals surface area contributed by atoms with E-state index < -0.39 is 0 Å². The molecule has 0 radical (unpaired) electrons. The van der Waals surface area contributed by atoms with Crippen molar-refractivity contribution in [1.82, 2.24) is 15.3 Å². The SMILES string of the molecule is CCCNc1cnc(C(=O)NC(C)c2ccc(C)s2)cn1. The van der Waals surface area contributed by atoms with Crippen LogP contribution in [0.4, 0.5) is 5.82 Å². The molecule has 0 aliphatic carbocycles. The molecule has 0 saturated heterocycles. The highest BCUT2D eigenvalue weighted by atomic mass is 32.1. The largest absolute Gasteiger partial charge is 0.369 e. The summed E-state index contributed by atoms with van der Waals surface area (Å²) < 4.78 is 0. The summed E-state index contributed by atoms with van der Waals surface area (Å²) in [5.41, 5.74) is 0.331. The third-order valence-electron chi connectivity index (χ3n) is 2.98. The van der Waals surface area contributed by atoms with Crippen molar-refractivity contribution >= 4 is 23.1 Å². The van der Waals surface area contributed by atoms with Crippen molar-refractivity contribution in [3.8, 4) is 0 Å². The molecule has 2 aromatic rings. The molecule has 2 heterocycles. The molecular formula is C15H20N4OS. The molecule has 0 saturated carbocycles. The van der Waals surface area contributed by atoms with Gasteiger partial charge in [-0.3, -0.25) is 4.79 Å². The fourth-order valence-corrected chi connectivity index (χ4v) is 2.70. The first kappa shape index (κ1) is 15.4. The molecule has 1 amide bonds. The van der Waals surface area contributed by atoms with Crippen LogP contribution < -0.4 is 10.6 Å². The van der Waals surface area contributed by atoms with Gasteiger partial charge in [0, 0.05) is 16.3 Å². The van der Waals surface area contributed by atoms with Gasteiger partial charge in [0.15, 0.2) is 0 Å². The Balaban J connectivity index is 1.96. The van der Waals surface area contributed by atoms with E-state index in [1.807, 2.05) is 13.0 Å². The highest BCUT2D eigenvalue weighted by Gasteiger charge is 2.14. The summed E-state index contributed by atoms with van der Waals surface area (Å²) in [6.07, 6.45) is 4.10. The molecule has 0 bridgehead atoms. The minimum absolute atomic E-state index is 0.0316. The number of thiophene rings is 1. The first-order chi connectivity index (χ1) is 10.1. The molecule has 0 aliphatic rings. The number of carbonyl (C=O) groups excluding carboxylic acids is 1. The van der Waals surface area contributed by atoms with Crippen LogP contribution >= 0.6 is 11.3 Å². The van der Waals surface area contributed by atoms with Gasteiger partial charge in [-0.2, -0.15) is 0 Å². The van der Waals surface area contributed by atoms with Crippen molar-refractivity contribution < 1.29 is 4.79 Å². The molecule has 21 heavy (non-hydrogen) atoms. The number of carbonyl (C=O) groups is 1. The average molecular weight is 304 g/mol. The fraction of sp³-hybridized carbons (Fsp3) is 0.400. The fourth-order valence-electron chi connectivity index (χ4n) is 1.82. The summed E-state index contributed by atoms with van der Waals surface area (Å²) in [7, 11) is 0. The number of aryl methyl sites for hydroxylation is 1. The van der Waals surface area contributed by atoms with Crippen molar-refractivity contribution in [2.75, 3.05) is 11.9 Å². The Bertz CT molecular complexity index is 594. The average Bonchev–Trinajstić information content (AvgIpc) is 2.92. The monoisotopic (exact) mass is 304 g/mol. The Hall–Kier alpha value is -1.95. The molecule has 0 aromatic carbocycles. The van der Waals surface area contributed by atoms with Crippen LogP contribution in [0.15, 0.2) is 24.5 Å². The van der Waals surface area contributed by atoms with Gasteiger partial charge in [0.2, 0.25) is 0 Å². The molecule has 2 N–H and O–H groups in total. The summed E-state index contributed by atoms with van der Waals surface area (Å²) >= 11 is 1.68. The number of hydrogen-bond acceptors (Lipinski definition) is 5. The van der Waals surface area contributed by atoms with E-state index in [-0.39, 0.29) is 11.9 Å². The molecule has 0 aliphatic heterocycles. The second-order valence-corrected chi connectivity index (χ2v) is 6.18. The van der Waals surface area contributed by atoms with Gasteiger partial charge in [0.25, 0.3) is 5.91 Å². The number of anilines is 1. The van der Waals surface area contributed by atoms with Gasteiger partial charge < -0.3 is 10.6 Å². The maximum absolute atomic E-state index is 12.1. The molecule has 1 atom stereocenters. The van der Waals surface area contributed by atoms with Crippen LogP contribution in [-0.4, -0.2) is 22.4 Å². The third kappa shape index (κ3) is 4.26. The van der Waals surface area contributed by atoms with Gasteiger partial charge >= 0.3 is 0 Å². The van der Waals surface area contributed by atoms with Gasteiger partial charge in [-0.1, -0.05) is 6.92 Å². The highest BCUT2D eigenvalue weighted by Crippen LogP contribution is 2.22. The molecule has 1 unspecified atom stereocenters. The molecule has 5 nitrogen and oxygen atoms in total. The van der Waals surface area contributed by atoms with Crippen LogP contribution in [0, 0.1) is 6.92 Å². The van der Waals surface area contributed by atoms with Gasteiger partial charge in [-0.15, -0.1) is 11.3 Å². The minimum atomic E-state index is -0.205. The summed E-state index contributed by atoms with van der Waals surface area (Å²) in [6.45, 7) is 6.94. The standard InChI is InChI=1S/C15H20N4OS/c1-4-7-16-14-9-17-12(8-18-14)15(20)19-11(3)13-6-5-10(2)21-13/h5-6,8-9,11H,4,7H2,1-3H3,(H,16,18)(H,19,20). The summed E-state index contributed by atoms with van der Waals surface area (Å²) in [5.74, 6) is 0.485. The quantitative estimate of drug-likeness (QED) is 0.860. The van der Waals surface area contributed by atoms with E-state index in [2.05, 4.69) is 40.5 Å². The van der Waals surface area contributed by atoms with Crippen molar-refractivity contribution in [3.05, 3.63) is 40.0 Å².